The summed E-state index contributed by atoms with van der Waals surface area (Å²) in [4.78, 5) is 0. The summed E-state index contributed by atoms with van der Waals surface area (Å²) < 4.78 is 0. The molecule has 1 unspecified atom stereocenters. The Morgan fingerprint density at radius 3 is 2.93 bits per heavy atom. The van der Waals surface area contributed by atoms with Crippen molar-refractivity contribution in [3.8, 4) is 0 Å². The Balaban J connectivity index is 2.36. The average molecular weight is 189 g/mol. The maximum absolute atomic E-state index is 5.83. The second kappa shape index (κ2) is 3.39. The van der Waals surface area contributed by atoms with Crippen LogP contribution in [0.2, 0.25) is 0 Å². The van der Waals surface area contributed by atoms with Gasteiger partial charge in [-0.1, -0.05) is 25.1 Å². The maximum Gasteiger partial charge on any atom is -0.00199 e. The minimum Gasteiger partial charge on any atom is -0.330 e. The highest BCUT2D eigenvalue weighted by Gasteiger charge is 2.28. The van der Waals surface area contributed by atoms with E-state index in [-0.39, 0.29) is 0 Å². The summed E-state index contributed by atoms with van der Waals surface area (Å²) >= 11 is 0. The molecule has 1 heteroatoms. The molecule has 2 rings (SSSR count). The molecule has 1 aliphatic carbocycles. The molecule has 0 saturated carbocycles. The lowest BCUT2D eigenvalue weighted by Gasteiger charge is -2.34. The Morgan fingerprint density at radius 2 is 2.21 bits per heavy atom. The van der Waals surface area contributed by atoms with Gasteiger partial charge < -0.3 is 5.73 Å². The summed E-state index contributed by atoms with van der Waals surface area (Å²) in [6, 6.07) is 6.63. The first kappa shape index (κ1) is 9.72. The molecule has 76 valence electrons. The summed E-state index contributed by atoms with van der Waals surface area (Å²) in [6.07, 6.45) is 3.59. The molecule has 2 N–H and O–H groups in total. The van der Waals surface area contributed by atoms with Crippen molar-refractivity contribution in [2.24, 2.45) is 11.1 Å². The van der Waals surface area contributed by atoms with Crippen molar-refractivity contribution in [1.29, 1.82) is 0 Å². The third-order valence-electron chi connectivity index (χ3n) is 3.60. The fourth-order valence-corrected chi connectivity index (χ4v) is 2.44. The van der Waals surface area contributed by atoms with Crippen molar-refractivity contribution in [3.05, 3.63) is 34.9 Å². The fraction of sp³-hybridized carbons (Fsp3) is 0.538. The topological polar surface area (TPSA) is 26.0 Å². The molecule has 0 fully saturated rings. The minimum atomic E-state index is 0.334. The van der Waals surface area contributed by atoms with Crippen LogP contribution in [-0.2, 0) is 12.8 Å². The number of aryl methyl sites for hydroxylation is 1. The van der Waals surface area contributed by atoms with Crippen molar-refractivity contribution in [2.75, 3.05) is 6.54 Å². The van der Waals surface area contributed by atoms with E-state index in [1.807, 2.05) is 0 Å². The van der Waals surface area contributed by atoms with Gasteiger partial charge in [0.1, 0.15) is 0 Å². The van der Waals surface area contributed by atoms with Crippen molar-refractivity contribution in [3.63, 3.8) is 0 Å². The van der Waals surface area contributed by atoms with Crippen LogP contribution in [-0.4, -0.2) is 6.54 Å². The molecule has 1 aromatic carbocycles. The van der Waals surface area contributed by atoms with E-state index < -0.39 is 0 Å². The Hall–Kier alpha value is -0.820. The number of hydrogen-bond acceptors (Lipinski definition) is 1. The van der Waals surface area contributed by atoms with Gasteiger partial charge in [-0.2, -0.15) is 0 Å². The van der Waals surface area contributed by atoms with Crippen molar-refractivity contribution in [2.45, 2.75) is 33.1 Å². The van der Waals surface area contributed by atoms with Crippen LogP contribution < -0.4 is 5.73 Å². The van der Waals surface area contributed by atoms with Gasteiger partial charge in [-0.25, -0.2) is 0 Å². The molecule has 0 spiro atoms. The van der Waals surface area contributed by atoms with Gasteiger partial charge in [0, 0.05) is 0 Å². The summed E-state index contributed by atoms with van der Waals surface area (Å²) in [5.41, 5.74) is 10.7. The van der Waals surface area contributed by atoms with E-state index in [4.69, 9.17) is 5.73 Å². The van der Waals surface area contributed by atoms with Crippen LogP contribution in [0.5, 0.6) is 0 Å². The van der Waals surface area contributed by atoms with Gasteiger partial charge in [0.2, 0.25) is 0 Å². The van der Waals surface area contributed by atoms with Crippen LogP contribution in [0.1, 0.15) is 30.0 Å². The molecular weight excluding hydrogens is 170 g/mol. The summed E-state index contributed by atoms with van der Waals surface area (Å²) in [5.74, 6) is 0. The van der Waals surface area contributed by atoms with Gasteiger partial charge in [-0.15, -0.1) is 0 Å². The fourth-order valence-electron chi connectivity index (χ4n) is 2.44. The van der Waals surface area contributed by atoms with Crippen LogP contribution in [0, 0.1) is 12.3 Å². The van der Waals surface area contributed by atoms with Gasteiger partial charge in [-0.05, 0) is 54.8 Å². The molecule has 1 nitrogen and oxygen atoms in total. The highest BCUT2D eigenvalue weighted by Crippen LogP contribution is 2.35. The van der Waals surface area contributed by atoms with Crippen molar-refractivity contribution >= 4 is 0 Å². The Morgan fingerprint density at radius 1 is 1.43 bits per heavy atom. The molecule has 1 atom stereocenters. The molecule has 0 radical (unpaired) electrons. The molecule has 0 bridgehead atoms. The normalized spacial score (nSPS) is 25.9. The van der Waals surface area contributed by atoms with Crippen LogP contribution in [0.4, 0.5) is 0 Å². The van der Waals surface area contributed by atoms with Gasteiger partial charge in [-0.3, -0.25) is 0 Å². The third-order valence-corrected chi connectivity index (χ3v) is 3.60. The predicted molar refractivity (Wildman–Crippen MR) is 60.4 cm³/mol. The van der Waals surface area contributed by atoms with Gasteiger partial charge in [0.25, 0.3) is 0 Å². The monoisotopic (exact) mass is 189 g/mol. The lowest BCUT2D eigenvalue weighted by Crippen LogP contribution is -2.33. The Bertz CT molecular complexity index is 343. The zero-order valence-electron chi connectivity index (χ0n) is 9.14. The van der Waals surface area contributed by atoms with Crippen molar-refractivity contribution < 1.29 is 0 Å². The summed E-state index contributed by atoms with van der Waals surface area (Å²) in [7, 11) is 0. The second-order valence-corrected chi connectivity index (χ2v) is 4.90. The van der Waals surface area contributed by atoms with E-state index >= 15 is 0 Å². The average Bonchev–Trinajstić information content (AvgIpc) is 2.18. The lowest BCUT2D eigenvalue weighted by atomic mass is 9.72. The van der Waals surface area contributed by atoms with E-state index in [0.717, 1.165) is 13.0 Å². The van der Waals surface area contributed by atoms with Crippen LogP contribution in [0.25, 0.3) is 0 Å². The molecule has 0 amide bonds. The number of benzene rings is 1. The number of fused-ring (bicyclic) bond motifs is 1. The largest absolute Gasteiger partial charge is 0.330 e. The third kappa shape index (κ3) is 1.57. The SMILES string of the molecule is Cc1cccc2c1CCC(C)(CN)C2. The van der Waals surface area contributed by atoms with Gasteiger partial charge in [0.05, 0.1) is 0 Å². The van der Waals surface area contributed by atoms with E-state index in [2.05, 4.69) is 32.0 Å². The predicted octanol–water partition coefficient (Wildman–Crippen LogP) is 2.45. The highest BCUT2D eigenvalue weighted by atomic mass is 14.6. The van der Waals surface area contributed by atoms with Crippen molar-refractivity contribution in [1.82, 2.24) is 0 Å². The molecule has 0 saturated heterocycles. The smallest absolute Gasteiger partial charge is 0.00199 e. The van der Waals surface area contributed by atoms with Crippen LogP contribution in [0.15, 0.2) is 18.2 Å². The van der Waals surface area contributed by atoms with Crippen LogP contribution >= 0.6 is 0 Å². The van der Waals surface area contributed by atoms with E-state index in [1.54, 1.807) is 5.56 Å². The second-order valence-electron chi connectivity index (χ2n) is 4.90. The quantitative estimate of drug-likeness (QED) is 0.721. The zero-order chi connectivity index (χ0) is 10.2. The van der Waals surface area contributed by atoms with Gasteiger partial charge >= 0.3 is 0 Å². The minimum absolute atomic E-state index is 0.334. The van der Waals surface area contributed by atoms with E-state index in [1.165, 1.54) is 24.0 Å². The zero-order valence-corrected chi connectivity index (χ0v) is 9.14. The molecule has 0 heterocycles. The summed E-state index contributed by atoms with van der Waals surface area (Å²) in [6.45, 7) is 5.32. The first-order valence-electron chi connectivity index (χ1n) is 5.42. The highest BCUT2D eigenvalue weighted by molar-refractivity contribution is 5.37. The van der Waals surface area contributed by atoms with E-state index in [9.17, 15) is 0 Å². The number of nitrogens with two attached hydrogens (primary N) is 1. The lowest BCUT2D eigenvalue weighted by molar-refractivity contribution is 0.290. The first-order valence-corrected chi connectivity index (χ1v) is 5.42. The maximum atomic E-state index is 5.83. The molecule has 14 heavy (non-hydrogen) atoms. The molecule has 0 aromatic heterocycles. The molecule has 0 aliphatic heterocycles. The summed E-state index contributed by atoms with van der Waals surface area (Å²) in [5, 5.41) is 0. The molecule has 1 aromatic rings. The Kier molecular flexibility index (Phi) is 2.36. The standard InChI is InChI=1S/C13H19N/c1-10-4-3-5-11-8-13(2,9-14)7-6-12(10)11/h3-5H,6-9,14H2,1-2H3. The van der Waals surface area contributed by atoms with Gasteiger partial charge in [0.15, 0.2) is 0 Å². The van der Waals surface area contributed by atoms with E-state index in [0.29, 0.717) is 5.41 Å². The molecular formula is C13H19N. The first-order chi connectivity index (χ1) is 6.64. The number of hydrogen-bond donors (Lipinski definition) is 1. The Labute approximate surface area is 86.3 Å². The number of rotatable bonds is 1. The van der Waals surface area contributed by atoms with Crippen LogP contribution in [0.3, 0.4) is 0 Å². The molecule has 1 aliphatic rings.